The van der Waals surface area contributed by atoms with Gasteiger partial charge in [-0.1, -0.05) is 13.0 Å². The maximum atomic E-state index is 5.98. The van der Waals surface area contributed by atoms with Crippen LogP contribution in [0.3, 0.4) is 0 Å². The van der Waals surface area contributed by atoms with Gasteiger partial charge in [0.05, 0.1) is 12.2 Å². The summed E-state index contributed by atoms with van der Waals surface area (Å²) in [6.07, 6.45) is 7.09. The lowest BCUT2D eigenvalue weighted by atomic mass is 9.65. The molecule has 3 atom stereocenters. The molecule has 2 fully saturated rings. The van der Waals surface area contributed by atoms with Crippen LogP contribution in [0.1, 0.15) is 39.5 Å². The van der Waals surface area contributed by atoms with Crippen molar-refractivity contribution < 1.29 is 4.74 Å². The highest BCUT2D eigenvalue weighted by Crippen LogP contribution is 2.54. The summed E-state index contributed by atoms with van der Waals surface area (Å²) in [6.45, 7) is 9.41. The topological polar surface area (TPSA) is 9.23 Å². The van der Waals surface area contributed by atoms with Gasteiger partial charge in [-0.15, -0.1) is 6.58 Å². The van der Waals surface area contributed by atoms with E-state index in [-0.39, 0.29) is 5.60 Å². The van der Waals surface area contributed by atoms with Crippen molar-refractivity contribution >= 4 is 0 Å². The van der Waals surface area contributed by atoms with Gasteiger partial charge >= 0.3 is 0 Å². The zero-order chi connectivity index (χ0) is 9.53. The Balaban J connectivity index is 2.17. The number of hydrogen-bond acceptors (Lipinski definition) is 1. The minimum absolute atomic E-state index is 0.168. The average molecular weight is 180 g/mol. The summed E-state index contributed by atoms with van der Waals surface area (Å²) in [4.78, 5) is 0. The van der Waals surface area contributed by atoms with E-state index in [1.807, 2.05) is 0 Å². The van der Waals surface area contributed by atoms with Crippen LogP contribution in [0.5, 0.6) is 0 Å². The Morgan fingerprint density at radius 3 is 3.08 bits per heavy atom. The molecule has 1 nitrogen and oxygen atoms in total. The third-order valence-electron chi connectivity index (χ3n) is 4.16. The van der Waals surface area contributed by atoms with Crippen molar-refractivity contribution in [2.75, 3.05) is 6.61 Å². The second-order valence-corrected chi connectivity index (χ2v) is 5.21. The van der Waals surface area contributed by atoms with Gasteiger partial charge in [0.1, 0.15) is 0 Å². The summed E-state index contributed by atoms with van der Waals surface area (Å²) < 4.78 is 5.98. The molecular formula is C12H20O. The summed E-state index contributed by atoms with van der Waals surface area (Å²) in [5.41, 5.74) is 0.615. The summed E-state index contributed by atoms with van der Waals surface area (Å²) in [5, 5.41) is 0. The van der Waals surface area contributed by atoms with Gasteiger partial charge in [0.25, 0.3) is 0 Å². The summed E-state index contributed by atoms with van der Waals surface area (Å²) in [7, 11) is 0. The van der Waals surface area contributed by atoms with Crippen LogP contribution >= 0.6 is 0 Å². The van der Waals surface area contributed by atoms with Gasteiger partial charge in [-0.3, -0.25) is 0 Å². The lowest BCUT2D eigenvalue weighted by Crippen LogP contribution is -2.37. The maximum Gasteiger partial charge on any atom is 0.0686 e. The molecule has 0 spiro atoms. The fraction of sp³-hybridized carbons (Fsp3) is 0.833. The molecule has 0 radical (unpaired) electrons. The predicted octanol–water partition coefficient (Wildman–Crippen LogP) is 3.16. The first-order valence-electron chi connectivity index (χ1n) is 5.35. The molecular weight excluding hydrogens is 160 g/mol. The van der Waals surface area contributed by atoms with Gasteiger partial charge in [0.15, 0.2) is 0 Å². The molecule has 0 N–H and O–H groups in total. The number of ether oxygens (including phenoxy) is 1. The molecule has 0 aromatic heterocycles. The van der Waals surface area contributed by atoms with Crippen LogP contribution in [0.2, 0.25) is 0 Å². The molecule has 3 unspecified atom stereocenters. The van der Waals surface area contributed by atoms with Crippen molar-refractivity contribution in [1.82, 2.24) is 0 Å². The SMILES string of the molecule is C=CCC12CCC(C)C(C)(C1)OC2. The van der Waals surface area contributed by atoms with E-state index in [4.69, 9.17) is 4.74 Å². The van der Waals surface area contributed by atoms with Gasteiger partial charge in [-0.2, -0.15) is 0 Å². The Kier molecular flexibility index (Phi) is 2.03. The van der Waals surface area contributed by atoms with Gasteiger partial charge in [0.2, 0.25) is 0 Å². The highest BCUT2D eigenvalue weighted by atomic mass is 16.5. The van der Waals surface area contributed by atoms with Crippen LogP contribution in [0.4, 0.5) is 0 Å². The molecule has 74 valence electrons. The molecule has 1 saturated carbocycles. The molecule has 13 heavy (non-hydrogen) atoms. The fourth-order valence-electron chi connectivity index (χ4n) is 3.01. The summed E-state index contributed by atoms with van der Waals surface area (Å²) >= 11 is 0. The molecule has 1 aliphatic heterocycles. The summed E-state index contributed by atoms with van der Waals surface area (Å²) in [6, 6.07) is 0. The van der Waals surface area contributed by atoms with Crippen molar-refractivity contribution in [1.29, 1.82) is 0 Å². The average Bonchev–Trinajstić information content (AvgIpc) is 2.37. The Bertz CT molecular complexity index is 219. The smallest absolute Gasteiger partial charge is 0.0686 e. The van der Waals surface area contributed by atoms with E-state index < -0.39 is 0 Å². The van der Waals surface area contributed by atoms with Crippen molar-refractivity contribution in [3.63, 3.8) is 0 Å². The maximum absolute atomic E-state index is 5.98. The second kappa shape index (κ2) is 2.84. The van der Waals surface area contributed by atoms with Gasteiger partial charge in [-0.25, -0.2) is 0 Å². The Morgan fingerprint density at radius 2 is 2.38 bits per heavy atom. The van der Waals surface area contributed by atoms with Crippen molar-refractivity contribution in [3.05, 3.63) is 12.7 Å². The molecule has 2 aliphatic rings. The molecule has 1 aliphatic carbocycles. The number of fused-ring (bicyclic) bond motifs is 2. The van der Waals surface area contributed by atoms with Crippen LogP contribution in [0.15, 0.2) is 12.7 Å². The van der Waals surface area contributed by atoms with Crippen molar-refractivity contribution in [3.8, 4) is 0 Å². The van der Waals surface area contributed by atoms with E-state index in [1.54, 1.807) is 0 Å². The van der Waals surface area contributed by atoms with Crippen LogP contribution < -0.4 is 0 Å². The molecule has 0 aromatic rings. The van der Waals surface area contributed by atoms with Crippen LogP contribution in [0, 0.1) is 11.3 Å². The number of rotatable bonds is 2. The first kappa shape index (κ1) is 9.26. The third-order valence-corrected chi connectivity index (χ3v) is 4.16. The standard InChI is InChI=1S/C12H20O/c1-4-6-12-7-5-10(2)11(3,8-12)13-9-12/h4,10H,1,5-9H2,2-3H3. The Hall–Kier alpha value is -0.300. The van der Waals surface area contributed by atoms with Crippen molar-refractivity contribution in [2.45, 2.75) is 45.1 Å². The molecule has 0 aromatic carbocycles. The minimum atomic E-state index is 0.168. The predicted molar refractivity (Wildman–Crippen MR) is 54.6 cm³/mol. The summed E-state index contributed by atoms with van der Waals surface area (Å²) in [5.74, 6) is 0.730. The first-order valence-corrected chi connectivity index (χ1v) is 5.35. The Labute approximate surface area is 81.2 Å². The van der Waals surface area contributed by atoms with E-state index in [9.17, 15) is 0 Å². The fourth-order valence-corrected chi connectivity index (χ4v) is 3.01. The van der Waals surface area contributed by atoms with E-state index in [2.05, 4.69) is 26.5 Å². The molecule has 1 saturated heterocycles. The molecule has 2 rings (SSSR count). The lowest BCUT2D eigenvalue weighted by Gasteiger charge is -2.39. The minimum Gasteiger partial charge on any atom is -0.374 e. The van der Waals surface area contributed by atoms with Gasteiger partial charge in [-0.05, 0) is 43.9 Å². The van der Waals surface area contributed by atoms with E-state index in [1.165, 1.54) is 19.3 Å². The highest BCUT2D eigenvalue weighted by Gasteiger charge is 2.52. The number of allylic oxidation sites excluding steroid dienone is 1. The first-order chi connectivity index (χ1) is 6.10. The van der Waals surface area contributed by atoms with Crippen LogP contribution in [-0.4, -0.2) is 12.2 Å². The lowest BCUT2D eigenvalue weighted by molar-refractivity contribution is -0.0233. The molecule has 1 heterocycles. The quantitative estimate of drug-likeness (QED) is 0.593. The largest absolute Gasteiger partial charge is 0.374 e. The zero-order valence-electron chi connectivity index (χ0n) is 8.81. The normalized spacial score (nSPS) is 49.2. The van der Waals surface area contributed by atoms with E-state index in [0.717, 1.165) is 18.9 Å². The van der Waals surface area contributed by atoms with Crippen LogP contribution in [-0.2, 0) is 4.74 Å². The number of hydrogen-bond donors (Lipinski definition) is 0. The van der Waals surface area contributed by atoms with Crippen LogP contribution in [0.25, 0.3) is 0 Å². The molecule has 2 bridgehead atoms. The van der Waals surface area contributed by atoms with Gasteiger partial charge < -0.3 is 4.74 Å². The molecule has 0 amide bonds. The Morgan fingerprint density at radius 1 is 1.62 bits per heavy atom. The highest BCUT2D eigenvalue weighted by molar-refractivity contribution is 5.04. The second-order valence-electron chi connectivity index (χ2n) is 5.21. The third kappa shape index (κ3) is 1.34. The van der Waals surface area contributed by atoms with Crippen molar-refractivity contribution in [2.24, 2.45) is 11.3 Å². The van der Waals surface area contributed by atoms with E-state index in [0.29, 0.717) is 5.41 Å². The zero-order valence-corrected chi connectivity index (χ0v) is 8.81. The monoisotopic (exact) mass is 180 g/mol. The molecule has 1 heteroatoms. The van der Waals surface area contributed by atoms with E-state index >= 15 is 0 Å². The van der Waals surface area contributed by atoms with Gasteiger partial charge in [0, 0.05) is 0 Å².